The zero-order valence-electron chi connectivity index (χ0n) is 17.6. The van der Waals surface area contributed by atoms with Crippen molar-refractivity contribution in [1.82, 2.24) is 9.97 Å². The molecule has 0 aliphatic rings. The highest BCUT2D eigenvalue weighted by Crippen LogP contribution is 2.41. The third-order valence-electron chi connectivity index (χ3n) is 5.99. The van der Waals surface area contributed by atoms with Crippen molar-refractivity contribution in [3.05, 3.63) is 84.7 Å². The molecular formula is C28H22N2S. The lowest BCUT2D eigenvalue weighted by Crippen LogP contribution is -1.97. The maximum absolute atomic E-state index is 4.78. The fraction of sp³-hybridized carbons (Fsp3) is 0.143. The third-order valence-corrected chi connectivity index (χ3v) is 7.23. The molecule has 0 bridgehead atoms. The van der Waals surface area contributed by atoms with Gasteiger partial charge in [0.1, 0.15) is 6.33 Å². The summed E-state index contributed by atoms with van der Waals surface area (Å²) in [4.78, 5) is 9.47. The van der Waals surface area contributed by atoms with E-state index in [0.29, 0.717) is 5.92 Å². The van der Waals surface area contributed by atoms with Crippen molar-refractivity contribution in [1.29, 1.82) is 0 Å². The summed E-state index contributed by atoms with van der Waals surface area (Å²) in [5.41, 5.74) is 4.65. The van der Waals surface area contributed by atoms with E-state index in [-0.39, 0.29) is 0 Å². The summed E-state index contributed by atoms with van der Waals surface area (Å²) in [5.74, 6) is 0.597. The second kappa shape index (κ2) is 7.14. The minimum absolute atomic E-state index is 0.597. The molecule has 150 valence electrons. The number of rotatable bonds is 3. The molecule has 0 N–H and O–H groups in total. The van der Waals surface area contributed by atoms with Crippen molar-refractivity contribution in [3.63, 3.8) is 0 Å². The summed E-state index contributed by atoms with van der Waals surface area (Å²) in [6, 6.07) is 26.3. The van der Waals surface area contributed by atoms with Crippen LogP contribution in [-0.2, 0) is 6.42 Å². The fourth-order valence-electron chi connectivity index (χ4n) is 4.64. The number of nitrogens with zero attached hydrogens (tertiary/aromatic N) is 2. The highest BCUT2D eigenvalue weighted by molar-refractivity contribution is 7.27. The Morgan fingerprint density at radius 1 is 0.742 bits per heavy atom. The summed E-state index contributed by atoms with van der Waals surface area (Å²) in [5, 5.41) is 6.38. The van der Waals surface area contributed by atoms with Gasteiger partial charge in [0.05, 0.1) is 15.9 Å². The number of hydrogen-bond donors (Lipinski definition) is 0. The first-order valence-electron chi connectivity index (χ1n) is 10.8. The van der Waals surface area contributed by atoms with Gasteiger partial charge in [0.2, 0.25) is 0 Å². The Hall–Kier alpha value is -3.30. The molecule has 3 heteroatoms. The van der Waals surface area contributed by atoms with Gasteiger partial charge in [0.25, 0.3) is 0 Å². The summed E-state index contributed by atoms with van der Waals surface area (Å²) >= 11 is 1.81. The molecule has 0 radical (unpaired) electrons. The molecule has 0 atom stereocenters. The van der Waals surface area contributed by atoms with Crippen LogP contribution in [0.2, 0.25) is 0 Å². The Bertz CT molecular complexity index is 1590. The average molecular weight is 419 g/mol. The lowest BCUT2D eigenvalue weighted by molar-refractivity contribution is 0.650. The molecule has 0 spiro atoms. The predicted molar refractivity (Wildman–Crippen MR) is 134 cm³/mol. The maximum atomic E-state index is 4.78. The minimum atomic E-state index is 0.597. The van der Waals surface area contributed by atoms with Gasteiger partial charge in [-0.25, -0.2) is 9.97 Å². The molecule has 0 saturated carbocycles. The summed E-state index contributed by atoms with van der Waals surface area (Å²) in [6.07, 6.45) is 2.77. The van der Waals surface area contributed by atoms with Crippen LogP contribution in [0.4, 0.5) is 0 Å². The Balaban J connectivity index is 1.66. The lowest BCUT2D eigenvalue weighted by Gasteiger charge is -2.12. The van der Waals surface area contributed by atoms with Gasteiger partial charge in [0.15, 0.2) is 0 Å². The van der Waals surface area contributed by atoms with Crippen LogP contribution in [0.3, 0.4) is 0 Å². The van der Waals surface area contributed by atoms with E-state index in [1.165, 1.54) is 47.5 Å². The summed E-state index contributed by atoms with van der Waals surface area (Å²) < 4.78 is 2.46. The monoisotopic (exact) mass is 418 g/mol. The molecule has 2 heterocycles. The molecule has 0 fully saturated rings. The largest absolute Gasteiger partial charge is 0.235 e. The van der Waals surface area contributed by atoms with E-state index in [2.05, 4.69) is 86.6 Å². The van der Waals surface area contributed by atoms with Crippen LogP contribution in [0.5, 0.6) is 0 Å². The fourth-order valence-corrected chi connectivity index (χ4v) is 5.95. The summed E-state index contributed by atoms with van der Waals surface area (Å²) in [7, 11) is 0. The van der Waals surface area contributed by atoms with Crippen molar-refractivity contribution in [3.8, 4) is 11.3 Å². The maximum Gasteiger partial charge on any atom is 0.116 e. The molecule has 0 aliphatic carbocycles. The molecule has 2 aromatic heterocycles. The molecule has 0 saturated heterocycles. The van der Waals surface area contributed by atoms with Gasteiger partial charge in [-0.2, -0.15) is 0 Å². The molecule has 0 amide bonds. The van der Waals surface area contributed by atoms with Gasteiger partial charge < -0.3 is 0 Å². The molecular weight excluding hydrogens is 396 g/mol. The van der Waals surface area contributed by atoms with Crippen molar-refractivity contribution in [2.45, 2.75) is 20.3 Å². The number of fused-ring (bicyclic) bond motifs is 6. The van der Waals surface area contributed by atoms with Crippen molar-refractivity contribution >= 4 is 53.2 Å². The molecule has 6 aromatic rings. The van der Waals surface area contributed by atoms with Gasteiger partial charge >= 0.3 is 0 Å². The van der Waals surface area contributed by atoms with Crippen molar-refractivity contribution < 1.29 is 0 Å². The van der Waals surface area contributed by atoms with Crippen molar-refractivity contribution in [2.24, 2.45) is 5.92 Å². The van der Waals surface area contributed by atoms with Crippen molar-refractivity contribution in [2.75, 3.05) is 0 Å². The highest BCUT2D eigenvalue weighted by atomic mass is 32.1. The quantitative estimate of drug-likeness (QED) is 0.291. The minimum Gasteiger partial charge on any atom is -0.235 e. The third kappa shape index (κ3) is 3.00. The number of benzene rings is 4. The van der Waals surface area contributed by atoms with Gasteiger partial charge in [-0.05, 0) is 51.6 Å². The average Bonchev–Trinajstić information content (AvgIpc) is 3.18. The Morgan fingerprint density at radius 2 is 1.52 bits per heavy atom. The SMILES string of the molecule is CC(C)Cc1cc(-c2ncnc3c2sc2c4ccccc4ccc32)cc2ccccc12. The molecule has 0 unspecified atom stereocenters. The predicted octanol–water partition coefficient (Wildman–Crippen LogP) is 8.02. The highest BCUT2D eigenvalue weighted by Gasteiger charge is 2.16. The van der Waals surface area contributed by atoms with Gasteiger partial charge in [-0.1, -0.05) is 74.5 Å². The normalized spacial score (nSPS) is 12.0. The van der Waals surface area contributed by atoms with Crippen LogP contribution >= 0.6 is 11.3 Å². The van der Waals surface area contributed by atoms with Crippen LogP contribution in [-0.4, -0.2) is 9.97 Å². The zero-order chi connectivity index (χ0) is 20.9. The Morgan fingerprint density at radius 3 is 2.35 bits per heavy atom. The number of thiophene rings is 1. The van der Waals surface area contributed by atoms with Crippen LogP contribution in [0.15, 0.2) is 79.1 Å². The molecule has 0 aliphatic heterocycles. The second-order valence-electron chi connectivity index (χ2n) is 8.62. The van der Waals surface area contributed by atoms with Crippen LogP contribution < -0.4 is 0 Å². The molecule has 2 nitrogen and oxygen atoms in total. The van der Waals surface area contributed by atoms with Crippen LogP contribution in [0.25, 0.3) is 53.1 Å². The van der Waals surface area contributed by atoms with Gasteiger partial charge in [-0.15, -0.1) is 11.3 Å². The van der Waals surface area contributed by atoms with E-state index in [1.54, 1.807) is 6.33 Å². The van der Waals surface area contributed by atoms with Crippen LogP contribution in [0, 0.1) is 5.92 Å². The first-order valence-corrected chi connectivity index (χ1v) is 11.6. The van der Waals surface area contributed by atoms with E-state index < -0.39 is 0 Å². The first kappa shape index (κ1) is 18.5. The molecule has 6 rings (SSSR count). The number of hydrogen-bond acceptors (Lipinski definition) is 3. The molecule has 31 heavy (non-hydrogen) atoms. The smallest absolute Gasteiger partial charge is 0.116 e. The first-order chi connectivity index (χ1) is 15.2. The van der Waals surface area contributed by atoms with E-state index in [4.69, 9.17) is 9.97 Å². The Labute approximate surface area is 185 Å². The lowest BCUT2D eigenvalue weighted by atomic mass is 9.93. The van der Waals surface area contributed by atoms with Crippen LogP contribution in [0.1, 0.15) is 19.4 Å². The second-order valence-corrected chi connectivity index (χ2v) is 9.64. The Kier molecular flexibility index (Phi) is 4.25. The standard InChI is InChI=1S/C28H22N2S/c1-17(2)13-20-15-21(14-19-8-4-5-9-22(19)20)25-28-26(30-16-29-25)24-12-11-18-7-3-6-10-23(18)27(24)31-28/h3-12,14-17H,13H2,1-2H3. The zero-order valence-corrected chi connectivity index (χ0v) is 18.4. The van der Waals surface area contributed by atoms with E-state index in [9.17, 15) is 0 Å². The van der Waals surface area contributed by atoms with E-state index in [1.807, 2.05) is 11.3 Å². The molecule has 4 aromatic carbocycles. The van der Waals surface area contributed by atoms with Gasteiger partial charge in [-0.3, -0.25) is 0 Å². The number of aromatic nitrogens is 2. The van der Waals surface area contributed by atoms with E-state index in [0.717, 1.165) is 17.6 Å². The van der Waals surface area contributed by atoms with Gasteiger partial charge in [0, 0.05) is 15.6 Å². The topological polar surface area (TPSA) is 25.8 Å². The summed E-state index contributed by atoms with van der Waals surface area (Å²) in [6.45, 7) is 4.56. The van der Waals surface area contributed by atoms with E-state index >= 15 is 0 Å².